The second kappa shape index (κ2) is 14.1. The highest BCUT2D eigenvalue weighted by atomic mass is 32.2. The van der Waals surface area contributed by atoms with E-state index >= 15 is 0 Å². The van der Waals surface area contributed by atoms with Crippen molar-refractivity contribution in [3.05, 3.63) is 35.9 Å². The zero-order chi connectivity index (χ0) is 33.0. The Morgan fingerprint density at radius 1 is 1.00 bits per heavy atom. The first-order chi connectivity index (χ1) is 21.1. The van der Waals surface area contributed by atoms with Gasteiger partial charge in [0.1, 0.15) is 17.7 Å². The minimum absolute atomic E-state index is 0.0951. The second-order valence-corrected chi connectivity index (χ2v) is 15.1. The summed E-state index contributed by atoms with van der Waals surface area (Å²) >= 11 is 1.51. The van der Waals surface area contributed by atoms with E-state index in [-0.39, 0.29) is 12.3 Å². The molecule has 248 valence electrons. The maximum atomic E-state index is 13.7. The molecule has 0 radical (unpaired) electrons. The van der Waals surface area contributed by atoms with E-state index in [0.717, 1.165) is 24.8 Å². The van der Waals surface area contributed by atoms with Gasteiger partial charge in [0, 0.05) is 12.0 Å². The van der Waals surface area contributed by atoms with Gasteiger partial charge in [0.25, 0.3) is 0 Å². The minimum Gasteiger partial charge on any atom is -0.444 e. The van der Waals surface area contributed by atoms with Gasteiger partial charge in [-0.2, -0.15) is 11.8 Å². The van der Waals surface area contributed by atoms with Crippen LogP contribution in [-0.2, 0) is 35.1 Å². The molecular formula is C33H48N4O7S. The van der Waals surface area contributed by atoms with E-state index in [0.29, 0.717) is 36.9 Å². The molecular weight excluding hydrogens is 596 g/mol. The minimum atomic E-state index is -1.16. The van der Waals surface area contributed by atoms with Crippen molar-refractivity contribution in [2.75, 3.05) is 18.6 Å². The van der Waals surface area contributed by atoms with Gasteiger partial charge >= 0.3 is 18.0 Å². The van der Waals surface area contributed by atoms with E-state index in [1.165, 1.54) is 11.8 Å². The molecule has 1 aromatic carbocycles. The summed E-state index contributed by atoms with van der Waals surface area (Å²) in [5, 5.41) is 7.76. The van der Waals surface area contributed by atoms with E-state index in [1.807, 2.05) is 43.5 Å². The molecule has 0 heterocycles. The van der Waals surface area contributed by atoms with E-state index in [1.54, 1.807) is 20.8 Å². The van der Waals surface area contributed by atoms with Crippen LogP contribution in [0.3, 0.4) is 0 Å². The first-order valence-corrected chi connectivity index (χ1v) is 17.2. The van der Waals surface area contributed by atoms with Crippen LogP contribution in [0.4, 0.5) is 4.79 Å². The molecule has 45 heavy (non-hydrogen) atoms. The Labute approximate surface area is 269 Å². The molecule has 4 aliphatic rings. The van der Waals surface area contributed by atoms with Gasteiger partial charge in [-0.15, -0.1) is 0 Å². The molecule has 5 rings (SSSR count). The third-order valence-electron chi connectivity index (χ3n) is 9.54. The van der Waals surface area contributed by atoms with Crippen LogP contribution in [0.1, 0.15) is 71.8 Å². The Bertz CT molecular complexity index is 1250. The summed E-state index contributed by atoms with van der Waals surface area (Å²) in [4.78, 5) is 65.6. The third-order valence-corrected chi connectivity index (χ3v) is 10.2. The van der Waals surface area contributed by atoms with E-state index in [9.17, 15) is 24.0 Å². The Hall–Kier alpha value is -3.12. The molecule has 4 aliphatic carbocycles. The van der Waals surface area contributed by atoms with Crippen LogP contribution >= 0.6 is 11.8 Å². The van der Waals surface area contributed by atoms with Gasteiger partial charge < -0.3 is 31.2 Å². The molecule has 0 saturated heterocycles. The zero-order valence-electron chi connectivity index (χ0n) is 27.0. The number of thioether (sulfide) groups is 1. The average Bonchev–Trinajstić information content (AvgIpc) is 2.95. The normalized spacial score (nSPS) is 28.0. The summed E-state index contributed by atoms with van der Waals surface area (Å²) in [5.41, 5.74) is 5.57. The monoisotopic (exact) mass is 644 g/mol. The Morgan fingerprint density at radius 3 is 2.24 bits per heavy atom. The summed E-state index contributed by atoms with van der Waals surface area (Å²) in [7, 11) is 0. The van der Waals surface area contributed by atoms with Crippen LogP contribution in [-0.4, -0.2) is 71.6 Å². The fraction of sp³-hybridized carbons (Fsp3) is 0.667. The van der Waals surface area contributed by atoms with Crippen LogP contribution in [0.15, 0.2) is 30.3 Å². The zero-order valence-corrected chi connectivity index (χ0v) is 27.8. The van der Waals surface area contributed by atoms with Crippen molar-refractivity contribution < 1.29 is 33.4 Å². The Kier molecular flexibility index (Phi) is 10.9. The number of carbonyl (C=O) groups is 5. The summed E-state index contributed by atoms with van der Waals surface area (Å²) in [6.45, 7) is 6.71. The van der Waals surface area contributed by atoms with Crippen molar-refractivity contribution >= 4 is 41.6 Å². The first kappa shape index (κ1) is 34.7. The fourth-order valence-corrected chi connectivity index (χ4v) is 8.09. The molecule has 0 spiro atoms. The standard InChI is InChI=1S/C33H48N4O7S/c1-20-32(15-22-13-23(16-32)18-33(20,34)17-22)29(41)43-28(40)25(14-21-9-7-6-8-10-21)36-26(38)19-35-27(39)24(11-12-45-5)37-30(42)44-31(2,3)4/h6-10,20,22-25H,11-19,34H2,1-5H3,(H,35,39)(H,36,38)(H,37,42)/t20?,22?,23?,24-,25+,32?,33?/m1/s1. The van der Waals surface area contributed by atoms with Gasteiger partial charge in [-0.05, 0) is 94.6 Å². The van der Waals surface area contributed by atoms with Crippen LogP contribution in [0.2, 0.25) is 0 Å². The first-order valence-electron chi connectivity index (χ1n) is 15.8. The topological polar surface area (TPSA) is 166 Å². The highest BCUT2D eigenvalue weighted by molar-refractivity contribution is 7.98. The predicted molar refractivity (Wildman–Crippen MR) is 171 cm³/mol. The second-order valence-electron chi connectivity index (χ2n) is 14.1. The molecule has 4 fully saturated rings. The SMILES string of the molecule is CSCC[C@@H](NC(=O)OC(C)(C)C)C(=O)NCC(=O)N[C@@H](Cc1ccccc1)C(=O)OC(=O)C12CC3CC(CC(N)(C3)C1C)C2. The third kappa shape index (κ3) is 8.58. The molecule has 11 nitrogen and oxygen atoms in total. The van der Waals surface area contributed by atoms with Crippen molar-refractivity contribution in [1.29, 1.82) is 0 Å². The Morgan fingerprint density at radius 2 is 1.64 bits per heavy atom. The van der Waals surface area contributed by atoms with Gasteiger partial charge in [0.2, 0.25) is 11.8 Å². The van der Waals surface area contributed by atoms with Gasteiger partial charge in [0.05, 0.1) is 12.0 Å². The molecule has 4 saturated carbocycles. The molecule has 5 N–H and O–H groups in total. The van der Waals surface area contributed by atoms with Crippen molar-refractivity contribution in [2.45, 2.75) is 95.9 Å². The summed E-state index contributed by atoms with van der Waals surface area (Å²) in [6.07, 6.45) is 5.71. The number of ether oxygens (including phenoxy) is 2. The quantitative estimate of drug-likeness (QED) is 0.198. The van der Waals surface area contributed by atoms with Gasteiger partial charge in [-0.1, -0.05) is 37.3 Å². The molecule has 3 unspecified atom stereocenters. The number of esters is 2. The van der Waals surface area contributed by atoms with Crippen LogP contribution < -0.4 is 21.7 Å². The smallest absolute Gasteiger partial charge is 0.408 e. The lowest BCUT2D eigenvalue weighted by Gasteiger charge is -2.63. The summed E-state index contributed by atoms with van der Waals surface area (Å²) in [5.74, 6) is -1.46. The number of rotatable bonds is 12. The van der Waals surface area contributed by atoms with Gasteiger partial charge in [-0.25, -0.2) is 9.59 Å². The Balaban J connectivity index is 1.40. The molecule has 12 heteroatoms. The van der Waals surface area contributed by atoms with Crippen molar-refractivity contribution in [3.63, 3.8) is 0 Å². The van der Waals surface area contributed by atoms with Gasteiger partial charge in [-0.3, -0.25) is 14.4 Å². The maximum absolute atomic E-state index is 13.7. The molecule has 3 amide bonds. The maximum Gasteiger partial charge on any atom is 0.408 e. The van der Waals surface area contributed by atoms with Crippen molar-refractivity contribution in [1.82, 2.24) is 16.0 Å². The fourth-order valence-electron chi connectivity index (χ4n) is 7.62. The van der Waals surface area contributed by atoms with Crippen molar-refractivity contribution in [3.8, 4) is 0 Å². The number of nitrogens with one attached hydrogen (secondary N) is 3. The number of carbonyl (C=O) groups excluding carboxylic acids is 5. The predicted octanol–water partition coefficient (Wildman–Crippen LogP) is 3.09. The largest absolute Gasteiger partial charge is 0.444 e. The lowest BCUT2D eigenvalue weighted by molar-refractivity contribution is -0.190. The number of nitrogens with two attached hydrogens (primary N) is 1. The molecule has 0 aliphatic heterocycles. The lowest BCUT2D eigenvalue weighted by Crippen LogP contribution is -2.68. The number of benzene rings is 1. The molecule has 4 bridgehead atoms. The van der Waals surface area contributed by atoms with Crippen LogP contribution in [0.5, 0.6) is 0 Å². The highest BCUT2D eigenvalue weighted by Crippen LogP contribution is 2.64. The number of alkyl carbamates (subject to hydrolysis) is 1. The van der Waals surface area contributed by atoms with Crippen LogP contribution in [0.25, 0.3) is 0 Å². The molecule has 5 atom stereocenters. The van der Waals surface area contributed by atoms with E-state index < -0.39 is 65.0 Å². The van der Waals surface area contributed by atoms with E-state index in [2.05, 4.69) is 16.0 Å². The number of hydrogen-bond acceptors (Lipinski definition) is 9. The van der Waals surface area contributed by atoms with Gasteiger partial charge in [0.15, 0.2) is 0 Å². The summed E-state index contributed by atoms with van der Waals surface area (Å²) in [6, 6.07) is 7.01. The molecule has 1 aromatic rings. The average molecular weight is 645 g/mol. The summed E-state index contributed by atoms with van der Waals surface area (Å²) < 4.78 is 10.9. The lowest BCUT2D eigenvalue weighted by atomic mass is 9.43. The molecule has 0 aromatic heterocycles. The highest BCUT2D eigenvalue weighted by Gasteiger charge is 2.64. The number of hydrogen-bond donors (Lipinski definition) is 4. The number of amides is 3. The van der Waals surface area contributed by atoms with E-state index in [4.69, 9.17) is 15.2 Å². The van der Waals surface area contributed by atoms with Crippen LogP contribution in [0, 0.1) is 23.2 Å². The van der Waals surface area contributed by atoms with Crippen molar-refractivity contribution in [2.24, 2.45) is 28.9 Å².